The highest BCUT2D eigenvalue weighted by Crippen LogP contribution is 2.29. The molecule has 27 heavy (non-hydrogen) atoms. The van der Waals surface area contributed by atoms with E-state index in [1.807, 2.05) is 0 Å². The summed E-state index contributed by atoms with van der Waals surface area (Å²) in [7, 11) is -3.65. The molecule has 3 rings (SSSR count). The van der Waals surface area contributed by atoms with Crippen molar-refractivity contribution in [2.75, 3.05) is 13.1 Å². The summed E-state index contributed by atoms with van der Waals surface area (Å²) >= 11 is 3.27. The molecule has 146 valence electrons. The molecule has 0 N–H and O–H groups in total. The molecular formula is C17H16BrF3N2O3S. The van der Waals surface area contributed by atoms with Gasteiger partial charge in [-0.05, 0) is 46.1 Å². The van der Waals surface area contributed by atoms with Crippen LogP contribution in [0.25, 0.3) is 0 Å². The molecule has 1 aliphatic heterocycles. The minimum atomic E-state index is -4.45. The molecule has 0 bridgehead atoms. The first-order valence-corrected chi connectivity index (χ1v) is 10.5. The quantitative estimate of drug-likeness (QED) is 0.674. The number of pyridine rings is 1. The van der Waals surface area contributed by atoms with E-state index in [2.05, 4.69) is 20.9 Å². The maximum absolute atomic E-state index is 12.6. The lowest BCUT2D eigenvalue weighted by atomic mass is 10.1. The second kappa shape index (κ2) is 7.76. The van der Waals surface area contributed by atoms with Gasteiger partial charge in [-0.2, -0.15) is 17.5 Å². The van der Waals surface area contributed by atoms with Crippen LogP contribution >= 0.6 is 15.9 Å². The van der Waals surface area contributed by atoms with Crippen LogP contribution in [-0.2, 0) is 22.0 Å². The summed E-state index contributed by atoms with van der Waals surface area (Å²) in [4.78, 5) is 4.10. The van der Waals surface area contributed by atoms with Crippen molar-refractivity contribution < 1.29 is 26.3 Å². The fourth-order valence-corrected chi connectivity index (χ4v) is 4.55. The molecule has 1 fully saturated rings. The van der Waals surface area contributed by atoms with Crippen LogP contribution in [0.5, 0.6) is 5.88 Å². The zero-order chi connectivity index (χ0) is 19.7. The summed E-state index contributed by atoms with van der Waals surface area (Å²) in [6.07, 6.45) is -2.66. The molecule has 1 aliphatic rings. The van der Waals surface area contributed by atoms with Gasteiger partial charge in [-0.3, -0.25) is 0 Å². The van der Waals surface area contributed by atoms with Crippen LogP contribution < -0.4 is 4.74 Å². The fraction of sp³-hybridized carbons (Fsp3) is 0.353. The normalized spacial score (nSPS) is 18.6. The van der Waals surface area contributed by atoms with Crippen LogP contribution in [0.2, 0.25) is 0 Å². The summed E-state index contributed by atoms with van der Waals surface area (Å²) in [5.41, 5.74) is -0.498. The molecule has 1 unspecified atom stereocenters. The van der Waals surface area contributed by atoms with Crippen molar-refractivity contribution in [2.24, 2.45) is 0 Å². The van der Waals surface area contributed by atoms with Crippen molar-refractivity contribution in [1.82, 2.24) is 9.29 Å². The Morgan fingerprint density at radius 1 is 1.19 bits per heavy atom. The van der Waals surface area contributed by atoms with Crippen molar-refractivity contribution >= 4 is 26.0 Å². The molecule has 1 aromatic carbocycles. The molecule has 0 radical (unpaired) electrons. The van der Waals surface area contributed by atoms with E-state index in [4.69, 9.17) is 4.74 Å². The number of halogens is 4. The number of hydrogen-bond donors (Lipinski definition) is 0. The van der Waals surface area contributed by atoms with E-state index in [-0.39, 0.29) is 18.4 Å². The molecule has 10 heteroatoms. The maximum Gasteiger partial charge on any atom is 0.416 e. The first kappa shape index (κ1) is 20.1. The number of rotatable bonds is 5. The average Bonchev–Trinajstić information content (AvgIpc) is 3.06. The van der Waals surface area contributed by atoms with Crippen LogP contribution in [0.3, 0.4) is 0 Å². The van der Waals surface area contributed by atoms with Crippen molar-refractivity contribution in [1.29, 1.82) is 0 Å². The van der Waals surface area contributed by atoms with Crippen LogP contribution in [0.15, 0.2) is 47.1 Å². The van der Waals surface area contributed by atoms with Gasteiger partial charge in [-0.1, -0.05) is 12.1 Å². The first-order chi connectivity index (χ1) is 12.6. The largest absolute Gasteiger partial charge is 0.473 e. The summed E-state index contributed by atoms with van der Waals surface area (Å²) in [5.74, 6) is 0.0548. The van der Waals surface area contributed by atoms with Gasteiger partial charge in [0.15, 0.2) is 0 Å². The third-order valence-corrected chi connectivity index (χ3v) is 6.40. The predicted molar refractivity (Wildman–Crippen MR) is 96.6 cm³/mol. The number of hydrogen-bond acceptors (Lipinski definition) is 4. The molecule has 0 spiro atoms. The van der Waals surface area contributed by atoms with E-state index in [9.17, 15) is 21.6 Å². The summed E-state index contributed by atoms with van der Waals surface area (Å²) in [6, 6.07) is 7.62. The monoisotopic (exact) mass is 464 g/mol. The van der Waals surface area contributed by atoms with Crippen molar-refractivity contribution in [3.8, 4) is 5.88 Å². The minimum absolute atomic E-state index is 0.181. The van der Waals surface area contributed by atoms with Crippen molar-refractivity contribution in [2.45, 2.75) is 24.5 Å². The SMILES string of the molecule is O=S(=O)(Cc1ccc(C(F)(F)F)cc1)N1CCC(Oc2ccc(Br)cn2)C1. The second-order valence-corrected chi connectivity index (χ2v) is 9.04. The lowest BCUT2D eigenvalue weighted by Gasteiger charge is -2.17. The van der Waals surface area contributed by atoms with Gasteiger partial charge >= 0.3 is 6.18 Å². The Hall–Kier alpha value is -1.65. The van der Waals surface area contributed by atoms with Gasteiger partial charge in [0.2, 0.25) is 15.9 Å². The molecular weight excluding hydrogens is 449 g/mol. The third-order valence-electron chi connectivity index (χ3n) is 4.12. The molecule has 1 aromatic heterocycles. The Bertz CT molecular complexity index is 887. The average molecular weight is 465 g/mol. The van der Waals surface area contributed by atoms with E-state index in [1.54, 1.807) is 18.3 Å². The Morgan fingerprint density at radius 2 is 1.89 bits per heavy atom. The number of sulfonamides is 1. The molecule has 5 nitrogen and oxygen atoms in total. The van der Waals surface area contributed by atoms with Crippen molar-refractivity contribution in [3.05, 3.63) is 58.2 Å². The topological polar surface area (TPSA) is 59.5 Å². The summed E-state index contributed by atoms with van der Waals surface area (Å²) < 4.78 is 70.7. The van der Waals surface area contributed by atoms with Gasteiger partial charge in [-0.15, -0.1) is 0 Å². The Morgan fingerprint density at radius 3 is 2.48 bits per heavy atom. The smallest absolute Gasteiger partial charge is 0.416 e. The highest BCUT2D eigenvalue weighted by molar-refractivity contribution is 9.10. The zero-order valence-corrected chi connectivity index (χ0v) is 16.4. The molecule has 2 aromatic rings. The second-order valence-electron chi connectivity index (χ2n) is 6.15. The minimum Gasteiger partial charge on any atom is -0.473 e. The molecule has 0 aliphatic carbocycles. The summed E-state index contributed by atoms with van der Waals surface area (Å²) in [6.45, 7) is 0.477. The van der Waals surface area contributed by atoms with Gasteiger partial charge < -0.3 is 4.74 Å². The Kier molecular flexibility index (Phi) is 5.78. The van der Waals surface area contributed by atoms with Gasteiger partial charge in [0.1, 0.15) is 6.10 Å². The molecule has 1 saturated heterocycles. The van der Waals surface area contributed by atoms with Gasteiger partial charge in [0.25, 0.3) is 0 Å². The Balaban J connectivity index is 1.61. The third kappa shape index (κ3) is 5.20. The van der Waals surface area contributed by atoms with Gasteiger partial charge in [0.05, 0.1) is 17.9 Å². The predicted octanol–water partition coefficient (Wildman–Crippen LogP) is 3.85. The Labute approximate surface area is 163 Å². The van der Waals surface area contributed by atoms with Crippen LogP contribution in [0.1, 0.15) is 17.5 Å². The highest BCUT2D eigenvalue weighted by Gasteiger charge is 2.33. The fourth-order valence-electron chi connectivity index (χ4n) is 2.74. The molecule has 1 atom stereocenters. The number of aromatic nitrogens is 1. The maximum atomic E-state index is 12.6. The van der Waals surface area contributed by atoms with E-state index in [1.165, 1.54) is 16.4 Å². The van der Waals surface area contributed by atoms with Crippen LogP contribution in [-0.4, -0.2) is 36.9 Å². The van der Waals surface area contributed by atoms with Gasteiger partial charge in [0, 0.05) is 23.3 Å². The van der Waals surface area contributed by atoms with Crippen molar-refractivity contribution in [3.63, 3.8) is 0 Å². The molecule has 0 saturated carbocycles. The number of ether oxygens (including phenoxy) is 1. The van der Waals surface area contributed by atoms with E-state index >= 15 is 0 Å². The number of nitrogens with zero attached hydrogens (tertiary/aromatic N) is 2. The van der Waals surface area contributed by atoms with E-state index < -0.39 is 21.8 Å². The van der Waals surface area contributed by atoms with E-state index in [0.717, 1.165) is 16.6 Å². The van der Waals surface area contributed by atoms with E-state index in [0.29, 0.717) is 24.4 Å². The van der Waals surface area contributed by atoms with Crippen LogP contribution in [0, 0.1) is 0 Å². The molecule has 2 heterocycles. The van der Waals surface area contributed by atoms with Gasteiger partial charge in [-0.25, -0.2) is 13.4 Å². The number of benzene rings is 1. The standard InChI is InChI=1S/C17H16BrF3N2O3S/c18-14-5-6-16(22-9-14)26-15-7-8-23(10-15)27(24,25)11-12-1-3-13(4-2-12)17(19,20)21/h1-6,9,15H,7-8,10-11H2. The highest BCUT2D eigenvalue weighted by atomic mass is 79.9. The first-order valence-electron chi connectivity index (χ1n) is 8.06. The molecule has 0 amide bonds. The lowest BCUT2D eigenvalue weighted by Crippen LogP contribution is -2.32. The zero-order valence-electron chi connectivity index (χ0n) is 14.0. The van der Waals surface area contributed by atoms with Crippen LogP contribution in [0.4, 0.5) is 13.2 Å². The number of alkyl halides is 3. The summed E-state index contributed by atoms with van der Waals surface area (Å²) in [5, 5.41) is 0. The lowest BCUT2D eigenvalue weighted by molar-refractivity contribution is -0.137.